The van der Waals surface area contributed by atoms with Gasteiger partial charge in [0.2, 0.25) is 0 Å². The molecular formula is C10H20N2O2. The van der Waals surface area contributed by atoms with Gasteiger partial charge in [-0.3, -0.25) is 4.90 Å². The predicted molar refractivity (Wildman–Crippen MR) is 55.3 cm³/mol. The SMILES string of the molecule is CCCCN1CC(NC(=O)OCC)C1. The van der Waals surface area contributed by atoms with Gasteiger partial charge < -0.3 is 10.1 Å². The Hall–Kier alpha value is -0.770. The molecule has 1 aliphatic rings. The van der Waals surface area contributed by atoms with Crippen LogP contribution in [0.15, 0.2) is 0 Å². The summed E-state index contributed by atoms with van der Waals surface area (Å²) in [6.07, 6.45) is 2.19. The quantitative estimate of drug-likeness (QED) is 0.725. The average Bonchev–Trinajstić information content (AvgIpc) is 2.09. The fourth-order valence-corrected chi connectivity index (χ4v) is 1.56. The van der Waals surface area contributed by atoms with Crippen molar-refractivity contribution in [2.24, 2.45) is 0 Å². The third-order valence-electron chi connectivity index (χ3n) is 2.38. The fraction of sp³-hybridized carbons (Fsp3) is 0.900. The molecule has 82 valence electrons. The normalized spacial score (nSPS) is 17.6. The van der Waals surface area contributed by atoms with Crippen LogP contribution in [0.5, 0.6) is 0 Å². The molecule has 0 unspecified atom stereocenters. The van der Waals surface area contributed by atoms with Crippen molar-refractivity contribution >= 4 is 6.09 Å². The molecular weight excluding hydrogens is 180 g/mol. The zero-order valence-electron chi connectivity index (χ0n) is 9.08. The number of rotatable bonds is 5. The number of ether oxygens (including phenoxy) is 1. The highest BCUT2D eigenvalue weighted by molar-refractivity contribution is 5.67. The zero-order valence-corrected chi connectivity index (χ0v) is 9.08. The molecule has 4 nitrogen and oxygen atoms in total. The van der Waals surface area contributed by atoms with Crippen molar-refractivity contribution in [2.45, 2.75) is 32.7 Å². The van der Waals surface area contributed by atoms with Gasteiger partial charge in [-0.15, -0.1) is 0 Å². The molecule has 1 fully saturated rings. The van der Waals surface area contributed by atoms with E-state index in [9.17, 15) is 4.79 Å². The van der Waals surface area contributed by atoms with Crippen LogP contribution in [0.1, 0.15) is 26.7 Å². The minimum Gasteiger partial charge on any atom is -0.450 e. The molecule has 0 aliphatic carbocycles. The summed E-state index contributed by atoms with van der Waals surface area (Å²) in [6, 6.07) is 0.297. The van der Waals surface area contributed by atoms with Crippen molar-refractivity contribution in [3.63, 3.8) is 0 Å². The van der Waals surface area contributed by atoms with Crippen molar-refractivity contribution < 1.29 is 9.53 Å². The first-order valence-electron chi connectivity index (χ1n) is 5.41. The summed E-state index contributed by atoms with van der Waals surface area (Å²) in [7, 11) is 0. The highest BCUT2D eigenvalue weighted by atomic mass is 16.5. The lowest BCUT2D eigenvalue weighted by atomic mass is 10.1. The third kappa shape index (κ3) is 3.54. The lowest BCUT2D eigenvalue weighted by Gasteiger charge is -2.39. The minimum atomic E-state index is -0.285. The van der Waals surface area contributed by atoms with E-state index in [1.165, 1.54) is 12.8 Å². The summed E-state index contributed by atoms with van der Waals surface area (Å²) in [5, 5.41) is 2.82. The van der Waals surface area contributed by atoms with Gasteiger partial charge in [-0.2, -0.15) is 0 Å². The Labute approximate surface area is 85.6 Å². The van der Waals surface area contributed by atoms with Crippen LogP contribution in [-0.4, -0.2) is 43.3 Å². The summed E-state index contributed by atoms with van der Waals surface area (Å²) in [5.41, 5.74) is 0. The predicted octanol–water partition coefficient (Wildman–Crippen LogP) is 1.22. The Morgan fingerprint density at radius 1 is 1.50 bits per heavy atom. The number of alkyl carbamates (subject to hydrolysis) is 1. The second kappa shape index (κ2) is 5.86. The van der Waals surface area contributed by atoms with Crippen LogP contribution < -0.4 is 5.32 Å². The molecule has 1 rings (SSSR count). The molecule has 1 saturated heterocycles. The topological polar surface area (TPSA) is 41.6 Å². The van der Waals surface area contributed by atoms with E-state index in [1.807, 2.05) is 6.92 Å². The number of hydrogen-bond acceptors (Lipinski definition) is 3. The standard InChI is InChI=1S/C10H20N2O2/c1-3-5-6-12-7-9(8-12)11-10(13)14-4-2/h9H,3-8H2,1-2H3,(H,11,13). The third-order valence-corrected chi connectivity index (χ3v) is 2.38. The molecule has 0 bridgehead atoms. The van der Waals surface area contributed by atoms with Gasteiger partial charge in [0.1, 0.15) is 0 Å². The van der Waals surface area contributed by atoms with Gasteiger partial charge in [0, 0.05) is 13.1 Å². The first-order chi connectivity index (χ1) is 6.76. The molecule has 0 aromatic rings. The van der Waals surface area contributed by atoms with Crippen LogP contribution >= 0.6 is 0 Å². The molecule has 4 heteroatoms. The van der Waals surface area contributed by atoms with Gasteiger partial charge in [0.25, 0.3) is 0 Å². The van der Waals surface area contributed by atoms with Crippen molar-refractivity contribution in [3.8, 4) is 0 Å². The smallest absolute Gasteiger partial charge is 0.407 e. The molecule has 0 saturated carbocycles. The average molecular weight is 200 g/mol. The molecule has 0 radical (unpaired) electrons. The highest BCUT2D eigenvalue weighted by Crippen LogP contribution is 2.08. The Balaban J connectivity index is 2.01. The molecule has 0 atom stereocenters. The summed E-state index contributed by atoms with van der Waals surface area (Å²) in [4.78, 5) is 13.4. The lowest BCUT2D eigenvalue weighted by Crippen LogP contribution is -2.59. The molecule has 1 N–H and O–H groups in total. The van der Waals surface area contributed by atoms with Gasteiger partial charge in [-0.25, -0.2) is 4.79 Å². The van der Waals surface area contributed by atoms with E-state index in [2.05, 4.69) is 17.1 Å². The van der Waals surface area contributed by atoms with Gasteiger partial charge in [0.15, 0.2) is 0 Å². The monoisotopic (exact) mass is 200 g/mol. The zero-order chi connectivity index (χ0) is 10.4. The van der Waals surface area contributed by atoms with Gasteiger partial charge in [-0.1, -0.05) is 13.3 Å². The van der Waals surface area contributed by atoms with Crippen LogP contribution in [-0.2, 0) is 4.74 Å². The van der Waals surface area contributed by atoms with Crippen LogP contribution in [0, 0.1) is 0 Å². The number of nitrogens with zero attached hydrogens (tertiary/aromatic N) is 1. The maximum Gasteiger partial charge on any atom is 0.407 e. The number of carbonyl (C=O) groups excluding carboxylic acids is 1. The molecule has 1 aliphatic heterocycles. The van der Waals surface area contributed by atoms with Gasteiger partial charge in [0.05, 0.1) is 12.6 Å². The summed E-state index contributed by atoms with van der Waals surface area (Å²) in [5.74, 6) is 0. The van der Waals surface area contributed by atoms with Crippen LogP contribution in [0.4, 0.5) is 4.79 Å². The Morgan fingerprint density at radius 2 is 2.21 bits per heavy atom. The van der Waals surface area contributed by atoms with Crippen molar-refractivity contribution in [2.75, 3.05) is 26.2 Å². The van der Waals surface area contributed by atoms with Crippen molar-refractivity contribution in [1.29, 1.82) is 0 Å². The van der Waals surface area contributed by atoms with Crippen LogP contribution in [0.2, 0.25) is 0 Å². The number of amides is 1. The van der Waals surface area contributed by atoms with E-state index in [0.717, 1.165) is 19.6 Å². The molecule has 0 spiro atoms. The maximum absolute atomic E-state index is 11.0. The van der Waals surface area contributed by atoms with Crippen molar-refractivity contribution in [1.82, 2.24) is 10.2 Å². The minimum absolute atomic E-state index is 0.285. The largest absolute Gasteiger partial charge is 0.450 e. The van der Waals surface area contributed by atoms with E-state index in [4.69, 9.17) is 4.74 Å². The Bertz CT molecular complexity index is 179. The Morgan fingerprint density at radius 3 is 2.79 bits per heavy atom. The molecule has 1 amide bonds. The van der Waals surface area contributed by atoms with Gasteiger partial charge >= 0.3 is 6.09 Å². The number of carbonyl (C=O) groups is 1. The number of likely N-dealkylation sites (tertiary alicyclic amines) is 1. The number of nitrogens with one attached hydrogen (secondary N) is 1. The maximum atomic E-state index is 11.0. The fourth-order valence-electron chi connectivity index (χ4n) is 1.56. The Kier molecular flexibility index (Phi) is 4.73. The highest BCUT2D eigenvalue weighted by Gasteiger charge is 2.27. The van der Waals surface area contributed by atoms with Crippen molar-refractivity contribution in [3.05, 3.63) is 0 Å². The van der Waals surface area contributed by atoms with E-state index in [0.29, 0.717) is 12.6 Å². The second-order valence-corrected chi connectivity index (χ2v) is 3.67. The molecule has 0 aromatic heterocycles. The number of unbranched alkanes of at least 4 members (excludes halogenated alkanes) is 1. The summed E-state index contributed by atoms with van der Waals surface area (Å²) >= 11 is 0. The summed E-state index contributed by atoms with van der Waals surface area (Å²) < 4.78 is 4.80. The van der Waals surface area contributed by atoms with Gasteiger partial charge in [-0.05, 0) is 19.9 Å². The first kappa shape index (κ1) is 11.3. The second-order valence-electron chi connectivity index (χ2n) is 3.67. The van der Waals surface area contributed by atoms with E-state index in [-0.39, 0.29) is 6.09 Å². The number of hydrogen-bond donors (Lipinski definition) is 1. The van der Waals surface area contributed by atoms with E-state index < -0.39 is 0 Å². The molecule has 1 heterocycles. The molecule has 0 aromatic carbocycles. The summed E-state index contributed by atoms with van der Waals surface area (Å²) in [6.45, 7) is 7.54. The van der Waals surface area contributed by atoms with Crippen LogP contribution in [0.25, 0.3) is 0 Å². The van der Waals surface area contributed by atoms with E-state index in [1.54, 1.807) is 0 Å². The first-order valence-corrected chi connectivity index (χ1v) is 5.41. The lowest BCUT2D eigenvalue weighted by molar-refractivity contribution is 0.103. The molecule has 14 heavy (non-hydrogen) atoms. The van der Waals surface area contributed by atoms with Crippen LogP contribution in [0.3, 0.4) is 0 Å². The van der Waals surface area contributed by atoms with E-state index >= 15 is 0 Å².